The number of rotatable bonds is 5. The minimum Gasteiger partial charge on any atom is -0.465 e. The molecule has 1 heterocycles. The molecule has 4 atom stereocenters. The van der Waals surface area contributed by atoms with E-state index in [2.05, 4.69) is 10.6 Å². The van der Waals surface area contributed by atoms with Crippen molar-refractivity contribution in [3.63, 3.8) is 0 Å². The van der Waals surface area contributed by atoms with Crippen molar-refractivity contribution in [1.29, 1.82) is 0 Å². The van der Waals surface area contributed by atoms with E-state index in [1.807, 2.05) is 13.8 Å². The zero-order valence-electron chi connectivity index (χ0n) is 12.4. The van der Waals surface area contributed by atoms with Crippen LogP contribution in [0.15, 0.2) is 0 Å². The van der Waals surface area contributed by atoms with Gasteiger partial charge in [-0.2, -0.15) is 0 Å². The fraction of sp³-hybridized carbons (Fsp3) is 0.857. The Morgan fingerprint density at radius 1 is 1.45 bits per heavy atom. The minimum absolute atomic E-state index is 0.130. The predicted molar refractivity (Wildman–Crippen MR) is 75.4 cm³/mol. The van der Waals surface area contributed by atoms with Gasteiger partial charge in [0.25, 0.3) is 0 Å². The summed E-state index contributed by atoms with van der Waals surface area (Å²) < 4.78 is 0. The third-order valence-electron chi connectivity index (χ3n) is 5.08. The fourth-order valence-electron chi connectivity index (χ4n) is 3.68. The molecule has 0 aromatic carbocycles. The summed E-state index contributed by atoms with van der Waals surface area (Å²) in [5.74, 6) is 1.02. The van der Waals surface area contributed by atoms with Gasteiger partial charge in [-0.3, -0.25) is 15.0 Å². The van der Waals surface area contributed by atoms with Crippen molar-refractivity contribution < 1.29 is 14.7 Å². The number of fused-ring (bicyclic) bond motifs is 1. The fourth-order valence-corrected chi connectivity index (χ4v) is 3.68. The van der Waals surface area contributed by atoms with E-state index >= 15 is 0 Å². The molecule has 1 unspecified atom stereocenters. The van der Waals surface area contributed by atoms with Gasteiger partial charge in [-0.1, -0.05) is 13.8 Å². The summed E-state index contributed by atoms with van der Waals surface area (Å²) in [6.45, 7) is 5.74. The lowest BCUT2D eigenvalue weighted by Gasteiger charge is -2.42. The summed E-state index contributed by atoms with van der Waals surface area (Å²) in [6, 6.07) is 0.199. The van der Waals surface area contributed by atoms with Crippen LogP contribution >= 0.6 is 0 Å². The van der Waals surface area contributed by atoms with E-state index in [9.17, 15) is 14.7 Å². The molecule has 0 aromatic heterocycles. The first-order valence-corrected chi connectivity index (χ1v) is 7.34. The molecule has 3 N–H and O–H groups in total. The minimum atomic E-state index is -1.14. The number of carbonyl (C=O) groups is 2. The highest BCUT2D eigenvalue weighted by Crippen LogP contribution is 2.36. The number of nitrogens with one attached hydrogen (secondary N) is 2. The Morgan fingerprint density at radius 3 is 2.70 bits per heavy atom. The molecular weight excluding hydrogens is 258 g/mol. The third-order valence-corrected chi connectivity index (χ3v) is 5.08. The number of carbonyl (C=O) groups excluding carboxylic acids is 1. The summed E-state index contributed by atoms with van der Waals surface area (Å²) in [4.78, 5) is 24.1. The molecule has 0 aromatic rings. The number of amides is 1. The molecule has 2 aliphatic rings. The quantitative estimate of drug-likeness (QED) is 0.512. The smallest absolute Gasteiger partial charge is 0.408 e. The summed E-state index contributed by atoms with van der Waals surface area (Å²) in [5, 5.41) is 16.0. The molecule has 6 heteroatoms. The van der Waals surface area contributed by atoms with Crippen LogP contribution in [0.4, 0.5) is 4.79 Å². The van der Waals surface area contributed by atoms with Crippen LogP contribution in [0.2, 0.25) is 0 Å². The van der Waals surface area contributed by atoms with Crippen molar-refractivity contribution in [3.05, 3.63) is 0 Å². The normalized spacial score (nSPS) is 31.9. The summed E-state index contributed by atoms with van der Waals surface area (Å²) in [6.07, 6.45) is 1.81. The Labute approximate surface area is 119 Å². The zero-order valence-corrected chi connectivity index (χ0v) is 12.4. The van der Waals surface area contributed by atoms with Crippen LogP contribution in [0.1, 0.15) is 26.7 Å². The van der Waals surface area contributed by atoms with E-state index < -0.39 is 11.8 Å². The van der Waals surface area contributed by atoms with E-state index in [1.54, 1.807) is 0 Å². The maximum Gasteiger partial charge on any atom is 0.408 e. The Balaban J connectivity index is 2.19. The van der Waals surface area contributed by atoms with Gasteiger partial charge in [-0.25, -0.2) is 4.79 Å². The van der Waals surface area contributed by atoms with Crippen molar-refractivity contribution in [1.82, 2.24) is 15.5 Å². The Kier molecular flexibility index (Phi) is 4.34. The Bertz CT molecular complexity index is 388. The van der Waals surface area contributed by atoms with Gasteiger partial charge in [-0.05, 0) is 43.7 Å². The van der Waals surface area contributed by atoms with Crippen molar-refractivity contribution in [3.8, 4) is 0 Å². The predicted octanol–water partition coefficient (Wildman–Crippen LogP) is 0.735. The van der Waals surface area contributed by atoms with E-state index in [1.165, 1.54) is 7.05 Å². The highest BCUT2D eigenvalue weighted by Gasteiger charge is 2.47. The molecular formula is C14H25N3O3. The molecule has 6 nitrogen and oxygen atoms in total. The van der Waals surface area contributed by atoms with Gasteiger partial charge in [0, 0.05) is 13.1 Å². The lowest BCUT2D eigenvalue weighted by atomic mass is 9.91. The largest absolute Gasteiger partial charge is 0.465 e. The van der Waals surface area contributed by atoms with Gasteiger partial charge >= 0.3 is 6.09 Å². The summed E-state index contributed by atoms with van der Waals surface area (Å²) >= 11 is 0. The maximum absolute atomic E-state index is 11.7. The molecule has 2 rings (SSSR count). The van der Waals surface area contributed by atoms with E-state index in [-0.39, 0.29) is 12.0 Å². The van der Waals surface area contributed by atoms with E-state index in [0.29, 0.717) is 11.8 Å². The van der Waals surface area contributed by atoms with Gasteiger partial charge < -0.3 is 10.4 Å². The number of hydrogen-bond acceptors (Lipinski definition) is 4. The molecule has 1 aliphatic carbocycles. The zero-order chi connectivity index (χ0) is 14.9. The monoisotopic (exact) mass is 283 g/mol. The molecule has 1 saturated carbocycles. The van der Waals surface area contributed by atoms with Crippen molar-refractivity contribution in [2.45, 2.75) is 38.4 Å². The first kappa shape index (κ1) is 15.3. The number of hydrogen-bond donors (Lipinski definition) is 3. The maximum atomic E-state index is 11.7. The molecule has 1 amide bonds. The first-order valence-electron chi connectivity index (χ1n) is 7.34. The summed E-state index contributed by atoms with van der Waals surface area (Å²) in [7, 11) is 1.46. The third kappa shape index (κ3) is 2.42. The number of likely N-dealkylation sites (N-methyl/N-ethyl adjacent to an activating group) is 1. The van der Waals surface area contributed by atoms with E-state index in [4.69, 9.17) is 0 Å². The Morgan fingerprint density at radius 2 is 2.15 bits per heavy atom. The average molecular weight is 283 g/mol. The lowest BCUT2D eigenvalue weighted by molar-refractivity contribution is -0.122. The van der Waals surface area contributed by atoms with Crippen LogP contribution < -0.4 is 10.6 Å². The molecule has 0 radical (unpaired) electrons. The number of carboxylic acid groups (broad SMARTS) is 1. The topological polar surface area (TPSA) is 81.7 Å². The van der Waals surface area contributed by atoms with Crippen LogP contribution in [-0.4, -0.2) is 54.2 Å². The molecule has 0 bridgehead atoms. The highest BCUT2D eigenvalue weighted by atomic mass is 16.4. The Hall–Kier alpha value is -1.14. The second kappa shape index (κ2) is 5.69. The van der Waals surface area contributed by atoms with Crippen molar-refractivity contribution >= 4 is 12.4 Å². The van der Waals surface area contributed by atoms with Crippen molar-refractivity contribution in [2.24, 2.45) is 17.8 Å². The highest BCUT2D eigenvalue weighted by molar-refractivity contribution is 5.75. The second-order valence-corrected chi connectivity index (χ2v) is 6.35. The average Bonchev–Trinajstić information content (AvgIpc) is 2.98. The molecule has 1 saturated heterocycles. The second-order valence-electron chi connectivity index (χ2n) is 6.35. The van der Waals surface area contributed by atoms with Crippen LogP contribution in [0.25, 0.3) is 0 Å². The van der Waals surface area contributed by atoms with Gasteiger partial charge in [0.05, 0.1) is 0 Å². The lowest BCUT2D eigenvalue weighted by Crippen LogP contribution is -2.66. The van der Waals surface area contributed by atoms with Gasteiger partial charge in [0.1, 0.15) is 0 Å². The van der Waals surface area contributed by atoms with Gasteiger partial charge in [-0.15, -0.1) is 0 Å². The molecule has 1 aliphatic heterocycles. The van der Waals surface area contributed by atoms with Crippen LogP contribution in [0.3, 0.4) is 0 Å². The van der Waals surface area contributed by atoms with Gasteiger partial charge in [0.2, 0.25) is 0 Å². The molecule has 20 heavy (non-hydrogen) atoms. The summed E-state index contributed by atoms with van der Waals surface area (Å²) in [5.41, 5.74) is -1.14. The molecule has 0 spiro atoms. The standard InChI is InChI=1S/C14H25N3O3/c1-9(2)14(8-18,17(3)13(19)20)16-12-5-4-10-6-15-7-11(10)12/h8-12,15-16H,4-7H2,1-3H3,(H,19,20)/t10-,11?,12+,14-/m1/s1. The van der Waals surface area contributed by atoms with E-state index in [0.717, 1.165) is 37.1 Å². The van der Waals surface area contributed by atoms with Crippen LogP contribution in [-0.2, 0) is 4.79 Å². The van der Waals surface area contributed by atoms with Crippen LogP contribution in [0, 0.1) is 17.8 Å². The first-order chi connectivity index (χ1) is 9.42. The van der Waals surface area contributed by atoms with Crippen molar-refractivity contribution in [2.75, 3.05) is 20.1 Å². The number of aldehydes is 1. The SMILES string of the molecule is CC(C)[C@](C=O)(N[C@H]1CC[C@@H]2CNCC21)N(C)C(=O)O. The molecule has 2 fully saturated rings. The van der Waals surface area contributed by atoms with Crippen LogP contribution in [0.5, 0.6) is 0 Å². The number of nitrogens with zero attached hydrogens (tertiary/aromatic N) is 1. The van der Waals surface area contributed by atoms with Gasteiger partial charge in [0.15, 0.2) is 11.9 Å². The molecule has 114 valence electrons.